The van der Waals surface area contributed by atoms with E-state index in [4.69, 9.17) is 0 Å². The smallest absolute Gasteiger partial charge is 0.270 e. The molecule has 3 rings (SSSR count). The number of nitro groups is 1. The van der Waals surface area contributed by atoms with Crippen LogP contribution < -0.4 is 9.62 Å². The highest BCUT2D eigenvalue weighted by molar-refractivity contribution is 7.92. The Labute approximate surface area is 133 Å². The first-order valence-electron chi connectivity index (χ1n) is 6.98. The molecule has 0 saturated carbocycles. The first-order chi connectivity index (χ1) is 10.9. The third kappa shape index (κ3) is 2.98. The minimum atomic E-state index is -3.87. The van der Waals surface area contributed by atoms with Crippen LogP contribution in [-0.4, -0.2) is 26.9 Å². The highest BCUT2D eigenvalue weighted by atomic mass is 32.2. The van der Waals surface area contributed by atoms with E-state index in [1.54, 1.807) is 12.1 Å². The van der Waals surface area contributed by atoms with Gasteiger partial charge in [-0.15, -0.1) is 0 Å². The van der Waals surface area contributed by atoms with E-state index in [1.165, 1.54) is 18.2 Å². The Kier molecular flexibility index (Phi) is 3.69. The Balaban J connectivity index is 1.90. The van der Waals surface area contributed by atoms with Gasteiger partial charge < -0.3 is 4.90 Å². The molecule has 8 heteroatoms. The summed E-state index contributed by atoms with van der Waals surface area (Å²) in [7, 11) is -1.88. The predicted octanol–water partition coefficient (Wildman–Crippen LogP) is 2.39. The average Bonchev–Trinajstić information content (AvgIpc) is 2.88. The Morgan fingerprint density at radius 2 is 2.00 bits per heavy atom. The van der Waals surface area contributed by atoms with E-state index in [0.29, 0.717) is 5.69 Å². The largest absolute Gasteiger partial charge is 0.374 e. The lowest BCUT2D eigenvalue weighted by atomic mass is 10.1. The van der Waals surface area contributed by atoms with Gasteiger partial charge in [-0.1, -0.05) is 6.07 Å². The van der Waals surface area contributed by atoms with Crippen molar-refractivity contribution in [3.05, 3.63) is 58.1 Å². The van der Waals surface area contributed by atoms with Crippen LogP contribution in [0.15, 0.2) is 47.4 Å². The third-order valence-corrected chi connectivity index (χ3v) is 5.18. The second-order valence-corrected chi connectivity index (χ2v) is 7.06. The molecule has 2 aromatic carbocycles. The summed E-state index contributed by atoms with van der Waals surface area (Å²) in [6.45, 7) is 0.899. The third-order valence-electron chi connectivity index (χ3n) is 3.80. The van der Waals surface area contributed by atoms with Crippen molar-refractivity contribution in [2.75, 3.05) is 23.2 Å². The number of nitro benzene ring substituents is 1. The number of non-ortho nitro benzene ring substituents is 1. The van der Waals surface area contributed by atoms with E-state index in [2.05, 4.69) is 9.62 Å². The fourth-order valence-electron chi connectivity index (χ4n) is 2.61. The van der Waals surface area contributed by atoms with Gasteiger partial charge in [-0.25, -0.2) is 8.42 Å². The second-order valence-electron chi connectivity index (χ2n) is 5.38. The van der Waals surface area contributed by atoms with Crippen molar-refractivity contribution in [1.29, 1.82) is 0 Å². The Morgan fingerprint density at radius 1 is 1.22 bits per heavy atom. The van der Waals surface area contributed by atoms with Crippen LogP contribution in [0.1, 0.15) is 5.56 Å². The molecule has 120 valence electrons. The van der Waals surface area contributed by atoms with Crippen molar-refractivity contribution in [3.8, 4) is 0 Å². The van der Waals surface area contributed by atoms with E-state index in [-0.39, 0.29) is 10.6 Å². The van der Waals surface area contributed by atoms with Crippen LogP contribution in [-0.2, 0) is 16.4 Å². The number of fused-ring (bicyclic) bond motifs is 1. The summed E-state index contributed by atoms with van der Waals surface area (Å²) in [6.07, 6.45) is 0.859. The van der Waals surface area contributed by atoms with Crippen molar-refractivity contribution in [1.82, 2.24) is 0 Å². The van der Waals surface area contributed by atoms with Gasteiger partial charge in [-0.2, -0.15) is 0 Å². The summed E-state index contributed by atoms with van der Waals surface area (Å²) in [5, 5.41) is 10.8. The Morgan fingerprint density at radius 3 is 2.74 bits per heavy atom. The number of hydrogen-bond donors (Lipinski definition) is 1. The predicted molar refractivity (Wildman–Crippen MR) is 87.3 cm³/mol. The highest BCUT2D eigenvalue weighted by Gasteiger charge is 2.20. The molecule has 7 nitrogen and oxygen atoms in total. The lowest BCUT2D eigenvalue weighted by molar-refractivity contribution is -0.385. The molecule has 2 aromatic rings. The van der Waals surface area contributed by atoms with E-state index >= 15 is 0 Å². The van der Waals surface area contributed by atoms with Gasteiger partial charge in [0.05, 0.1) is 9.82 Å². The van der Waals surface area contributed by atoms with Crippen LogP contribution in [0, 0.1) is 10.1 Å². The molecular weight excluding hydrogens is 318 g/mol. The maximum absolute atomic E-state index is 12.4. The molecule has 0 atom stereocenters. The number of likely N-dealkylation sites (N-methyl/N-ethyl adjacent to an activating group) is 1. The van der Waals surface area contributed by atoms with Crippen LogP contribution in [0.2, 0.25) is 0 Å². The van der Waals surface area contributed by atoms with Gasteiger partial charge in [0.25, 0.3) is 15.7 Å². The maximum Gasteiger partial charge on any atom is 0.270 e. The van der Waals surface area contributed by atoms with Crippen LogP contribution in [0.3, 0.4) is 0 Å². The fourth-order valence-corrected chi connectivity index (χ4v) is 3.70. The van der Waals surface area contributed by atoms with Crippen molar-refractivity contribution in [3.63, 3.8) is 0 Å². The van der Waals surface area contributed by atoms with Crippen molar-refractivity contribution in [2.45, 2.75) is 11.3 Å². The number of hydrogen-bond acceptors (Lipinski definition) is 5. The zero-order chi connectivity index (χ0) is 16.6. The number of nitrogens with zero attached hydrogens (tertiary/aromatic N) is 2. The number of anilines is 2. The van der Waals surface area contributed by atoms with Crippen molar-refractivity contribution >= 4 is 27.1 Å². The number of benzene rings is 2. The van der Waals surface area contributed by atoms with E-state index in [1.807, 2.05) is 13.1 Å². The zero-order valence-electron chi connectivity index (χ0n) is 12.4. The van der Waals surface area contributed by atoms with Gasteiger partial charge in [0.1, 0.15) is 0 Å². The summed E-state index contributed by atoms with van der Waals surface area (Å²) < 4.78 is 27.3. The molecular formula is C15H15N3O4S. The molecule has 0 amide bonds. The SMILES string of the molecule is CN1CCc2cc(NS(=O)(=O)c3cccc([N+](=O)[O-])c3)ccc21. The average molecular weight is 333 g/mol. The molecule has 0 radical (unpaired) electrons. The van der Waals surface area contributed by atoms with Gasteiger partial charge in [0.15, 0.2) is 0 Å². The lowest BCUT2D eigenvalue weighted by Gasteiger charge is -2.13. The van der Waals surface area contributed by atoms with Crippen LogP contribution in [0.4, 0.5) is 17.1 Å². The maximum atomic E-state index is 12.4. The zero-order valence-corrected chi connectivity index (χ0v) is 13.2. The molecule has 1 aliphatic heterocycles. The quantitative estimate of drug-likeness (QED) is 0.685. The number of rotatable bonds is 4. The fraction of sp³-hybridized carbons (Fsp3) is 0.200. The topological polar surface area (TPSA) is 92.6 Å². The molecule has 23 heavy (non-hydrogen) atoms. The molecule has 0 unspecified atom stereocenters. The van der Waals surface area contributed by atoms with Gasteiger partial charge >= 0.3 is 0 Å². The first kappa shape index (κ1) is 15.3. The lowest BCUT2D eigenvalue weighted by Crippen LogP contribution is -2.13. The summed E-state index contributed by atoms with van der Waals surface area (Å²) in [6, 6.07) is 10.3. The molecule has 1 N–H and O–H groups in total. The van der Waals surface area contributed by atoms with Crippen LogP contribution in [0.25, 0.3) is 0 Å². The van der Waals surface area contributed by atoms with Crippen molar-refractivity contribution < 1.29 is 13.3 Å². The van der Waals surface area contributed by atoms with Gasteiger partial charge in [0, 0.05) is 37.1 Å². The molecule has 0 saturated heterocycles. The van der Waals surface area contributed by atoms with Crippen LogP contribution >= 0.6 is 0 Å². The summed E-state index contributed by atoms with van der Waals surface area (Å²) in [4.78, 5) is 12.1. The summed E-state index contributed by atoms with van der Waals surface area (Å²) in [5.41, 5.74) is 2.35. The monoisotopic (exact) mass is 333 g/mol. The molecule has 0 aliphatic carbocycles. The second kappa shape index (κ2) is 5.54. The normalized spacial score (nSPS) is 13.7. The Bertz CT molecular complexity index is 880. The van der Waals surface area contributed by atoms with Crippen molar-refractivity contribution in [2.24, 2.45) is 0 Å². The molecule has 0 fully saturated rings. The molecule has 1 aliphatic rings. The minimum Gasteiger partial charge on any atom is -0.374 e. The Hall–Kier alpha value is -2.61. The van der Waals surface area contributed by atoms with Gasteiger partial charge in [-0.05, 0) is 36.2 Å². The molecule has 0 bridgehead atoms. The number of sulfonamides is 1. The number of nitrogens with one attached hydrogen (secondary N) is 1. The molecule has 0 aromatic heterocycles. The minimum absolute atomic E-state index is 0.135. The van der Waals surface area contributed by atoms with E-state index in [0.717, 1.165) is 30.3 Å². The van der Waals surface area contributed by atoms with E-state index in [9.17, 15) is 18.5 Å². The van der Waals surface area contributed by atoms with Crippen LogP contribution in [0.5, 0.6) is 0 Å². The first-order valence-corrected chi connectivity index (χ1v) is 8.46. The summed E-state index contributed by atoms with van der Waals surface area (Å²) in [5.74, 6) is 0. The van der Waals surface area contributed by atoms with E-state index < -0.39 is 14.9 Å². The highest BCUT2D eigenvalue weighted by Crippen LogP contribution is 2.30. The summed E-state index contributed by atoms with van der Waals surface area (Å²) >= 11 is 0. The van der Waals surface area contributed by atoms with Gasteiger partial charge in [0.2, 0.25) is 0 Å². The van der Waals surface area contributed by atoms with Gasteiger partial charge in [-0.3, -0.25) is 14.8 Å². The molecule has 1 heterocycles. The standard InChI is InChI=1S/C15H15N3O4S/c1-17-8-7-11-9-12(5-6-15(11)17)16-23(21,22)14-4-2-3-13(10-14)18(19)20/h2-6,9-10,16H,7-8H2,1H3. The molecule has 0 spiro atoms.